The fourth-order valence-corrected chi connectivity index (χ4v) is 2.06. The molecule has 0 saturated heterocycles. The molecule has 0 saturated carbocycles. The van der Waals surface area contributed by atoms with Crippen molar-refractivity contribution in [2.75, 3.05) is 6.61 Å². The van der Waals surface area contributed by atoms with Crippen molar-refractivity contribution >= 4 is 5.97 Å². The van der Waals surface area contributed by atoms with Crippen molar-refractivity contribution < 1.29 is 31.8 Å². The smallest absolute Gasteiger partial charge is 0.338 e. The first-order chi connectivity index (χ1) is 12.6. The standard InChI is InChI=1S/C20H16F4O3/c1-10(2)9-26-16-6-5-13(17(23)18(16)24)12-7-14(21)19(15(22)8-12)27-20(25)11(3)4/h5-8H,1,3,9H2,2,4H3. The van der Waals surface area contributed by atoms with Crippen LogP contribution in [0.5, 0.6) is 11.5 Å². The molecule has 0 atom stereocenters. The monoisotopic (exact) mass is 380 g/mol. The largest absolute Gasteiger partial charge is 0.486 e. The predicted octanol–water partition coefficient (Wildman–Crippen LogP) is 5.35. The molecule has 0 unspecified atom stereocenters. The fourth-order valence-electron chi connectivity index (χ4n) is 2.06. The molecule has 2 rings (SSSR count). The van der Waals surface area contributed by atoms with Crippen molar-refractivity contribution in [2.45, 2.75) is 13.8 Å². The number of carbonyl (C=O) groups is 1. The molecule has 0 N–H and O–H groups in total. The Labute approximate surface area is 153 Å². The summed E-state index contributed by atoms with van der Waals surface area (Å²) in [5, 5.41) is 0. The maximum atomic E-state index is 14.3. The molecule has 3 nitrogen and oxygen atoms in total. The Morgan fingerprint density at radius 1 is 1.00 bits per heavy atom. The van der Waals surface area contributed by atoms with Crippen molar-refractivity contribution in [3.05, 3.63) is 71.8 Å². The minimum atomic E-state index is -1.33. The van der Waals surface area contributed by atoms with Crippen LogP contribution in [0.15, 0.2) is 48.6 Å². The van der Waals surface area contributed by atoms with Gasteiger partial charge in [-0.3, -0.25) is 0 Å². The molecule has 142 valence electrons. The molecular weight excluding hydrogens is 364 g/mol. The highest BCUT2D eigenvalue weighted by molar-refractivity contribution is 5.89. The summed E-state index contributed by atoms with van der Waals surface area (Å²) in [7, 11) is 0. The summed E-state index contributed by atoms with van der Waals surface area (Å²) in [6.07, 6.45) is 0. The Hall–Kier alpha value is -3.09. The number of carbonyl (C=O) groups excluding carboxylic acids is 1. The Balaban J connectivity index is 2.41. The van der Waals surface area contributed by atoms with E-state index in [1.807, 2.05) is 0 Å². The number of hydrogen-bond acceptors (Lipinski definition) is 3. The number of hydrogen-bond donors (Lipinski definition) is 0. The number of ether oxygens (including phenoxy) is 2. The molecule has 0 aliphatic heterocycles. The van der Waals surface area contributed by atoms with Crippen LogP contribution in [-0.2, 0) is 4.79 Å². The van der Waals surface area contributed by atoms with Crippen molar-refractivity contribution in [3.8, 4) is 22.6 Å². The van der Waals surface area contributed by atoms with E-state index in [0.29, 0.717) is 5.57 Å². The van der Waals surface area contributed by atoms with Crippen LogP contribution in [0, 0.1) is 23.3 Å². The topological polar surface area (TPSA) is 35.5 Å². The second-order valence-corrected chi connectivity index (χ2v) is 5.92. The van der Waals surface area contributed by atoms with E-state index in [1.165, 1.54) is 6.92 Å². The lowest BCUT2D eigenvalue weighted by atomic mass is 10.0. The zero-order valence-corrected chi connectivity index (χ0v) is 14.7. The predicted molar refractivity (Wildman–Crippen MR) is 92.5 cm³/mol. The van der Waals surface area contributed by atoms with Crippen molar-refractivity contribution in [1.82, 2.24) is 0 Å². The fraction of sp³-hybridized carbons (Fsp3) is 0.150. The number of benzene rings is 2. The van der Waals surface area contributed by atoms with Gasteiger partial charge in [0, 0.05) is 11.1 Å². The van der Waals surface area contributed by atoms with Gasteiger partial charge in [-0.05, 0) is 49.2 Å². The van der Waals surface area contributed by atoms with Gasteiger partial charge in [-0.25, -0.2) is 18.0 Å². The van der Waals surface area contributed by atoms with Gasteiger partial charge in [-0.15, -0.1) is 0 Å². The molecule has 2 aromatic rings. The zero-order chi connectivity index (χ0) is 20.3. The summed E-state index contributed by atoms with van der Waals surface area (Å²) < 4.78 is 66.4. The molecule has 0 fully saturated rings. The molecule has 0 spiro atoms. The van der Waals surface area contributed by atoms with Crippen LogP contribution < -0.4 is 9.47 Å². The maximum Gasteiger partial charge on any atom is 0.338 e. The summed E-state index contributed by atoms with van der Waals surface area (Å²) in [4.78, 5) is 11.4. The van der Waals surface area contributed by atoms with E-state index in [2.05, 4.69) is 17.9 Å². The van der Waals surface area contributed by atoms with Crippen LogP contribution in [0.25, 0.3) is 11.1 Å². The van der Waals surface area contributed by atoms with Gasteiger partial charge in [0.2, 0.25) is 11.6 Å². The minimum absolute atomic E-state index is 0.0122. The average Bonchev–Trinajstić information content (AvgIpc) is 2.58. The highest BCUT2D eigenvalue weighted by Gasteiger charge is 2.21. The van der Waals surface area contributed by atoms with Gasteiger partial charge in [0.15, 0.2) is 23.2 Å². The van der Waals surface area contributed by atoms with Crippen LogP contribution in [0.4, 0.5) is 17.6 Å². The number of esters is 1. The normalized spacial score (nSPS) is 10.4. The number of halogens is 4. The lowest BCUT2D eigenvalue weighted by molar-refractivity contribution is -0.130. The molecule has 0 amide bonds. The van der Waals surface area contributed by atoms with Gasteiger partial charge < -0.3 is 9.47 Å². The summed E-state index contributed by atoms with van der Waals surface area (Å²) in [5.74, 6) is -7.45. The SMILES string of the molecule is C=C(C)COc1ccc(-c2cc(F)c(OC(=O)C(=C)C)c(F)c2)c(F)c1F. The first-order valence-electron chi connectivity index (χ1n) is 7.74. The molecule has 0 aromatic heterocycles. The van der Waals surface area contributed by atoms with Crippen LogP contribution in [-0.4, -0.2) is 12.6 Å². The van der Waals surface area contributed by atoms with E-state index in [9.17, 15) is 22.4 Å². The Morgan fingerprint density at radius 2 is 1.59 bits per heavy atom. The van der Waals surface area contributed by atoms with Gasteiger partial charge in [0.05, 0.1) is 0 Å². The van der Waals surface area contributed by atoms with E-state index in [0.717, 1.165) is 24.3 Å². The first kappa shape index (κ1) is 20.2. The van der Waals surface area contributed by atoms with Crippen LogP contribution >= 0.6 is 0 Å². The third kappa shape index (κ3) is 4.55. The highest BCUT2D eigenvalue weighted by atomic mass is 19.2. The van der Waals surface area contributed by atoms with E-state index in [4.69, 9.17) is 4.74 Å². The first-order valence-corrected chi connectivity index (χ1v) is 7.74. The van der Waals surface area contributed by atoms with Crippen LogP contribution in [0.1, 0.15) is 13.8 Å². The molecule has 0 bridgehead atoms. The van der Waals surface area contributed by atoms with Gasteiger partial charge in [0.1, 0.15) is 6.61 Å². The molecular formula is C20H16F4O3. The lowest BCUT2D eigenvalue weighted by Gasteiger charge is -2.12. The molecule has 7 heteroatoms. The zero-order valence-electron chi connectivity index (χ0n) is 14.7. The van der Waals surface area contributed by atoms with E-state index in [1.54, 1.807) is 6.92 Å². The Bertz CT molecular complexity index is 912. The quantitative estimate of drug-likeness (QED) is 0.223. The van der Waals surface area contributed by atoms with Gasteiger partial charge >= 0.3 is 5.97 Å². The summed E-state index contributed by atoms with van der Waals surface area (Å²) >= 11 is 0. The summed E-state index contributed by atoms with van der Waals surface area (Å²) in [6.45, 7) is 9.83. The van der Waals surface area contributed by atoms with Gasteiger partial charge in [-0.1, -0.05) is 13.2 Å². The molecule has 0 aliphatic rings. The van der Waals surface area contributed by atoms with Gasteiger partial charge in [0.25, 0.3) is 0 Å². The van der Waals surface area contributed by atoms with Crippen molar-refractivity contribution in [1.29, 1.82) is 0 Å². The number of rotatable bonds is 6. The molecule has 2 aromatic carbocycles. The van der Waals surface area contributed by atoms with Crippen molar-refractivity contribution in [3.63, 3.8) is 0 Å². The Morgan fingerprint density at radius 3 is 2.11 bits per heavy atom. The van der Waals surface area contributed by atoms with Gasteiger partial charge in [-0.2, -0.15) is 4.39 Å². The highest BCUT2D eigenvalue weighted by Crippen LogP contribution is 2.34. The second-order valence-electron chi connectivity index (χ2n) is 5.92. The molecule has 0 heterocycles. The van der Waals surface area contributed by atoms with E-state index in [-0.39, 0.29) is 29.1 Å². The van der Waals surface area contributed by atoms with Crippen LogP contribution in [0.3, 0.4) is 0 Å². The summed E-state index contributed by atoms with van der Waals surface area (Å²) in [6, 6.07) is 3.73. The van der Waals surface area contributed by atoms with Crippen molar-refractivity contribution in [2.24, 2.45) is 0 Å². The second kappa shape index (κ2) is 8.07. The minimum Gasteiger partial charge on any atom is -0.486 e. The third-order valence-electron chi connectivity index (χ3n) is 3.37. The third-order valence-corrected chi connectivity index (χ3v) is 3.37. The Kier molecular flexibility index (Phi) is 6.05. The summed E-state index contributed by atoms with van der Waals surface area (Å²) in [5.41, 5.74) is -0.118. The molecule has 0 aliphatic carbocycles. The maximum absolute atomic E-state index is 14.3. The average molecular weight is 380 g/mol. The van der Waals surface area contributed by atoms with Crippen LogP contribution in [0.2, 0.25) is 0 Å². The molecule has 0 radical (unpaired) electrons. The molecule has 27 heavy (non-hydrogen) atoms. The lowest BCUT2D eigenvalue weighted by Crippen LogP contribution is -2.11. The van der Waals surface area contributed by atoms with E-state index < -0.39 is 35.0 Å². The van der Waals surface area contributed by atoms with E-state index >= 15 is 0 Å².